The number of fused-ring (bicyclic) bond motifs is 1. The monoisotopic (exact) mass is 413 g/mol. The molecule has 3 aromatic rings. The Morgan fingerprint density at radius 3 is 2.97 bits per heavy atom. The number of nitrogens with zero attached hydrogens (tertiary/aromatic N) is 1. The van der Waals surface area contributed by atoms with Gasteiger partial charge in [0.15, 0.2) is 5.75 Å². The van der Waals surface area contributed by atoms with E-state index in [0.29, 0.717) is 45.6 Å². The largest absolute Gasteiger partial charge is 0.493 e. The van der Waals surface area contributed by atoms with Gasteiger partial charge in [-0.15, -0.1) is 0 Å². The molecule has 0 spiro atoms. The highest BCUT2D eigenvalue weighted by Crippen LogP contribution is 2.41. The Kier molecular flexibility index (Phi) is 5.04. The van der Waals surface area contributed by atoms with Crippen LogP contribution in [-0.2, 0) is 6.42 Å². The Morgan fingerprint density at radius 1 is 1.41 bits per heavy atom. The average Bonchev–Trinajstić information content (AvgIpc) is 3.07. The van der Waals surface area contributed by atoms with Crippen LogP contribution in [0.1, 0.15) is 16.1 Å². The molecule has 8 nitrogen and oxygen atoms in total. The molecule has 2 aromatic heterocycles. The van der Waals surface area contributed by atoms with Crippen molar-refractivity contribution in [2.45, 2.75) is 12.5 Å². The number of aromatic amines is 1. The molecule has 1 aliphatic heterocycles. The van der Waals surface area contributed by atoms with Crippen molar-refractivity contribution in [3.05, 3.63) is 52.8 Å². The van der Waals surface area contributed by atoms with Crippen molar-refractivity contribution in [2.24, 2.45) is 0 Å². The molecular weight excluding hydrogens is 394 g/mol. The minimum absolute atomic E-state index is 0.146. The topological polar surface area (TPSA) is 125 Å². The van der Waals surface area contributed by atoms with Gasteiger partial charge in [0.1, 0.15) is 5.82 Å². The van der Waals surface area contributed by atoms with Crippen LogP contribution in [0.15, 0.2) is 36.5 Å². The smallest absolute Gasteiger partial charge is 0.255 e. The van der Waals surface area contributed by atoms with Gasteiger partial charge in [-0.3, -0.25) is 4.79 Å². The summed E-state index contributed by atoms with van der Waals surface area (Å²) in [7, 11) is 1.53. The van der Waals surface area contributed by atoms with E-state index in [1.54, 1.807) is 30.5 Å². The van der Waals surface area contributed by atoms with Gasteiger partial charge in [0.25, 0.3) is 5.91 Å². The first kappa shape index (κ1) is 19.1. The summed E-state index contributed by atoms with van der Waals surface area (Å²) >= 11 is 6.25. The number of para-hydroxylation sites is 1. The number of aromatic nitrogens is 2. The number of ether oxygens (including phenoxy) is 1. The highest BCUT2D eigenvalue weighted by atomic mass is 35.5. The molecule has 3 heterocycles. The zero-order chi connectivity index (χ0) is 20.5. The first-order valence-electron chi connectivity index (χ1n) is 8.99. The normalized spacial score (nSPS) is 15.6. The standard InChI is InChI=1S/C20H20ClN5O3/c1-29-19-12(21)3-2-4-13(19)25-18-16-14(8-11(9-27)24-20(16)28)26-17(18)10-5-6-23-15(22)7-10/h2-7,11,25-27H,8-9H2,1H3,(H2,22,23)(H,24,28). The van der Waals surface area contributed by atoms with E-state index in [2.05, 4.69) is 20.6 Å². The number of H-pyrrole nitrogens is 1. The summed E-state index contributed by atoms with van der Waals surface area (Å²) in [6.07, 6.45) is 2.07. The van der Waals surface area contributed by atoms with Gasteiger partial charge in [0.2, 0.25) is 0 Å². The number of halogens is 1. The third-order valence-corrected chi connectivity index (χ3v) is 5.11. The number of amides is 1. The van der Waals surface area contributed by atoms with E-state index in [0.717, 1.165) is 11.3 Å². The molecule has 1 amide bonds. The lowest BCUT2D eigenvalue weighted by Gasteiger charge is -2.22. The van der Waals surface area contributed by atoms with Crippen molar-refractivity contribution in [1.29, 1.82) is 0 Å². The van der Waals surface area contributed by atoms with Crippen molar-refractivity contribution in [2.75, 3.05) is 24.8 Å². The zero-order valence-corrected chi connectivity index (χ0v) is 16.4. The summed E-state index contributed by atoms with van der Waals surface area (Å²) < 4.78 is 5.43. The summed E-state index contributed by atoms with van der Waals surface area (Å²) in [5.41, 5.74) is 9.69. The number of nitrogens with two attached hydrogens (primary N) is 1. The van der Waals surface area contributed by atoms with Gasteiger partial charge < -0.3 is 31.2 Å². The van der Waals surface area contributed by atoms with Crippen molar-refractivity contribution in [3.8, 4) is 17.0 Å². The van der Waals surface area contributed by atoms with Gasteiger partial charge in [-0.25, -0.2) is 4.98 Å². The van der Waals surface area contributed by atoms with E-state index in [4.69, 9.17) is 22.1 Å². The summed E-state index contributed by atoms with van der Waals surface area (Å²) in [4.78, 5) is 20.2. The number of aliphatic hydroxyl groups is 1. The fourth-order valence-electron chi connectivity index (χ4n) is 3.52. The predicted molar refractivity (Wildman–Crippen MR) is 112 cm³/mol. The number of anilines is 3. The van der Waals surface area contributed by atoms with Crippen LogP contribution < -0.4 is 21.1 Å². The fourth-order valence-corrected chi connectivity index (χ4v) is 3.77. The van der Waals surface area contributed by atoms with E-state index < -0.39 is 0 Å². The second-order valence-electron chi connectivity index (χ2n) is 6.70. The van der Waals surface area contributed by atoms with Gasteiger partial charge in [-0.1, -0.05) is 17.7 Å². The summed E-state index contributed by atoms with van der Waals surface area (Å²) in [6, 6.07) is 8.50. The number of benzene rings is 1. The van der Waals surface area contributed by atoms with Crippen LogP contribution in [0.2, 0.25) is 5.02 Å². The maximum absolute atomic E-state index is 12.8. The number of rotatable bonds is 5. The van der Waals surface area contributed by atoms with Crippen molar-refractivity contribution >= 4 is 34.7 Å². The Bertz CT molecular complexity index is 1080. The third-order valence-electron chi connectivity index (χ3n) is 4.81. The van der Waals surface area contributed by atoms with Gasteiger partial charge in [-0.2, -0.15) is 0 Å². The van der Waals surface area contributed by atoms with Crippen LogP contribution in [0.25, 0.3) is 11.3 Å². The lowest BCUT2D eigenvalue weighted by molar-refractivity contribution is 0.0902. The van der Waals surface area contributed by atoms with Crippen LogP contribution >= 0.6 is 11.6 Å². The molecule has 0 fully saturated rings. The first-order valence-corrected chi connectivity index (χ1v) is 9.37. The number of methoxy groups -OCH3 is 1. The molecule has 9 heteroatoms. The van der Waals surface area contributed by atoms with E-state index in [1.165, 1.54) is 7.11 Å². The number of pyridine rings is 1. The number of carbonyl (C=O) groups is 1. The summed E-state index contributed by atoms with van der Waals surface area (Å²) in [5, 5.41) is 16.1. The lowest BCUT2D eigenvalue weighted by atomic mass is 10.0. The Hall–Kier alpha value is -3.23. The molecule has 6 N–H and O–H groups in total. The predicted octanol–water partition coefficient (Wildman–Crippen LogP) is 2.71. The molecule has 1 atom stereocenters. The highest BCUT2D eigenvalue weighted by Gasteiger charge is 2.31. The van der Waals surface area contributed by atoms with E-state index in [1.807, 2.05) is 6.07 Å². The van der Waals surface area contributed by atoms with Crippen LogP contribution in [0.4, 0.5) is 17.2 Å². The molecule has 1 unspecified atom stereocenters. The molecule has 0 saturated heterocycles. The Labute approximate surface area is 172 Å². The summed E-state index contributed by atoms with van der Waals surface area (Å²) in [6.45, 7) is -0.146. The van der Waals surface area contributed by atoms with Gasteiger partial charge in [-0.05, 0) is 24.3 Å². The van der Waals surface area contributed by atoms with Gasteiger partial charge in [0.05, 0.1) is 47.4 Å². The molecule has 0 bridgehead atoms. The average molecular weight is 414 g/mol. The first-order chi connectivity index (χ1) is 14.0. The second kappa shape index (κ2) is 7.65. The van der Waals surface area contributed by atoms with Gasteiger partial charge in [0, 0.05) is 23.9 Å². The third kappa shape index (κ3) is 3.48. The molecular formula is C20H20ClN5O3. The molecule has 0 radical (unpaired) electrons. The van der Waals surface area contributed by atoms with Crippen LogP contribution in [0.3, 0.4) is 0 Å². The Morgan fingerprint density at radius 2 is 2.24 bits per heavy atom. The fraction of sp³-hybridized carbons (Fsp3) is 0.200. The maximum Gasteiger partial charge on any atom is 0.255 e. The number of carbonyl (C=O) groups excluding carboxylic acids is 1. The second-order valence-corrected chi connectivity index (χ2v) is 7.11. The number of hydrogen-bond acceptors (Lipinski definition) is 6. The molecule has 0 aliphatic carbocycles. The number of hydrogen-bond donors (Lipinski definition) is 5. The van der Waals surface area contributed by atoms with Gasteiger partial charge >= 0.3 is 0 Å². The zero-order valence-electron chi connectivity index (χ0n) is 15.6. The minimum Gasteiger partial charge on any atom is -0.493 e. The lowest BCUT2D eigenvalue weighted by Crippen LogP contribution is -2.43. The maximum atomic E-state index is 12.8. The highest BCUT2D eigenvalue weighted by molar-refractivity contribution is 6.32. The molecule has 1 aliphatic rings. The Balaban J connectivity index is 1.89. The molecule has 150 valence electrons. The summed E-state index contributed by atoms with van der Waals surface area (Å²) in [5.74, 6) is 0.547. The van der Waals surface area contributed by atoms with Crippen LogP contribution in [0, 0.1) is 0 Å². The SMILES string of the molecule is COc1c(Cl)cccc1Nc1c(-c2ccnc(N)c2)[nH]c2c1C(=O)NC(CO)C2. The number of nitrogen functional groups attached to an aromatic ring is 1. The minimum atomic E-state index is -0.349. The van der Waals surface area contributed by atoms with E-state index in [9.17, 15) is 9.90 Å². The molecule has 1 aromatic carbocycles. The quantitative estimate of drug-likeness (QED) is 0.438. The molecule has 4 rings (SSSR count). The van der Waals surface area contributed by atoms with E-state index >= 15 is 0 Å². The van der Waals surface area contributed by atoms with Crippen LogP contribution in [-0.4, -0.2) is 40.7 Å². The number of aliphatic hydroxyl groups excluding tert-OH is 1. The van der Waals surface area contributed by atoms with Crippen molar-refractivity contribution in [1.82, 2.24) is 15.3 Å². The molecule has 0 saturated carbocycles. The van der Waals surface area contributed by atoms with Crippen molar-refractivity contribution < 1.29 is 14.6 Å². The number of nitrogens with one attached hydrogen (secondary N) is 3. The van der Waals surface area contributed by atoms with E-state index in [-0.39, 0.29) is 18.6 Å². The van der Waals surface area contributed by atoms with Crippen LogP contribution in [0.5, 0.6) is 5.75 Å². The van der Waals surface area contributed by atoms with Crippen molar-refractivity contribution in [3.63, 3.8) is 0 Å². The molecule has 29 heavy (non-hydrogen) atoms.